The van der Waals surface area contributed by atoms with E-state index in [2.05, 4.69) is 39.5 Å². The zero-order valence-corrected chi connectivity index (χ0v) is 21.0. The van der Waals surface area contributed by atoms with Gasteiger partial charge in [-0.2, -0.15) is 5.10 Å². The summed E-state index contributed by atoms with van der Waals surface area (Å²) in [5.74, 6) is 2.14. The van der Waals surface area contributed by atoms with Gasteiger partial charge in [0.1, 0.15) is 23.6 Å². The van der Waals surface area contributed by atoms with Crippen LogP contribution in [0.5, 0.6) is 0 Å². The Hall–Kier alpha value is -3.76. The number of carbonyl (C=O) groups excluding carboxylic acids is 1. The first-order valence-corrected chi connectivity index (χ1v) is 12.8. The van der Waals surface area contributed by atoms with E-state index in [1.807, 2.05) is 30.0 Å². The lowest BCUT2D eigenvalue weighted by atomic mass is 9.95. The van der Waals surface area contributed by atoms with Gasteiger partial charge in [-0.15, -0.1) is 0 Å². The van der Waals surface area contributed by atoms with Gasteiger partial charge in [-0.05, 0) is 61.6 Å². The summed E-state index contributed by atoms with van der Waals surface area (Å²) in [6.07, 6.45) is 4.52. The number of pyridine rings is 1. The second-order valence-corrected chi connectivity index (χ2v) is 9.92. The third-order valence-electron chi connectivity index (χ3n) is 7.45. The van der Waals surface area contributed by atoms with Crippen LogP contribution in [0.4, 0.5) is 23.1 Å². The van der Waals surface area contributed by atoms with Gasteiger partial charge in [-0.25, -0.2) is 4.98 Å². The molecule has 3 fully saturated rings. The van der Waals surface area contributed by atoms with Gasteiger partial charge < -0.3 is 30.0 Å². The van der Waals surface area contributed by atoms with Crippen molar-refractivity contribution in [1.82, 2.24) is 15.2 Å². The molecule has 0 spiro atoms. The molecule has 192 valence electrons. The monoisotopic (exact) mass is 501 g/mol. The molecule has 10 nitrogen and oxygen atoms in total. The third kappa shape index (κ3) is 4.36. The standard InChI is InChI=1S/C27H31N7O3/c1-16-11-18(34-14-19-4-6-23(37-19)27(34)35)3-5-20(16)21-12-25(33-9-10-36-15-17(33)2)31-26(22(21)13-28)30-24-7-8-29-32-24/h3,5,7-8,11-13,17,19,23,28H,4,6,9-10,14-15H2,1-2H3,(H2,29,30,31,32)/t17-,19?,23?/m1/s1. The van der Waals surface area contributed by atoms with Crippen LogP contribution in [-0.2, 0) is 14.3 Å². The highest BCUT2D eigenvalue weighted by molar-refractivity contribution is 5.99. The van der Waals surface area contributed by atoms with E-state index in [1.54, 1.807) is 6.20 Å². The van der Waals surface area contributed by atoms with E-state index < -0.39 is 0 Å². The van der Waals surface area contributed by atoms with Crippen molar-refractivity contribution in [2.75, 3.05) is 41.4 Å². The molecule has 3 atom stereocenters. The average Bonchev–Trinajstić information content (AvgIpc) is 3.56. The Morgan fingerprint density at radius 1 is 1.22 bits per heavy atom. The van der Waals surface area contributed by atoms with Gasteiger partial charge in [0.25, 0.3) is 5.91 Å². The zero-order chi connectivity index (χ0) is 25.5. The Bertz CT molecular complexity index is 1330. The van der Waals surface area contributed by atoms with Crippen molar-refractivity contribution in [2.45, 2.75) is 44.9 Å². The van der Waals surface area contributed by atoms with Crippen LogP contribution in [-0.4, -0.2) is 71.9 Å². The van der Waals surface area contributed by atoms with Crippen LogP contribution >= 0.6 is 0 Å². The molecule has 0 aliphatic carbocycles. The summed E-state index contributed by atoms with van der Waals surface area (Å²) >= 11 is 0. The summed E-state index contributed by atoms with van der Waals surface area (Å²) in [7, 11) is 0. The van der Waals surface area contributed by atoms with Crippen molar-refractivity contribution in [3.8, 4) is 11.1 Å². The van der Waals surface area contributed by atoms with E-state index in [-0.39, 0.29) is 24.2 Å². The number of nitrogens with zero attached hydrogens (tertiary/aromatic N) is 4. The molecule has 5 heterocycles. The van der Waals surface area contributed by atoms with E-state index in [1.165, 1.54) is 6.21 Å². The molecule has 3 N–H and O–H groups in total. The first kappa shape index (κ1) is 23.6. The normalized spacial score (nSPS) is 23.4. The number of benzene rings is 1. The predicted octanol–water partition coefficient (Wildman–Crippen LogP) is 3.64. The van der Waals surface area contributed by atoms with E-state index in [4.69, 9.17) is 19.9 Å². The van der Waals surface area contributed by atoms with Crippen LogP contribution < -0.4 is 15.1 Å². The second-order valence-electron chi connectivity index (χ2n) is 9.92. The van der Waals surface area contributed by atoms with Gasteiger partial charge >= 0.3 is 0 Å². The highest BCUT2D eigenvalue weighted by Crippen LogP contribution is 2.37. The number of rotatable bonds is 6. The lowest BCUT2D eigenvalue weighted by molar-refractivity contribution is -0.133. The fourth-order valence-corrected chi connectivity index (χ4v) is 5.51. The quantitative estimate of drug-likeness (QED) is 0.441. The number of amides is 1. The summed E-state index contributed by atoms with van der Waals surface area (Å²) in [6, 6.07) is 10.2. The fraction of sp³-hybridized carbons (Fsp3) is 0.407. The van der Waals surface area contributed by atoms with Gasteiger partial charge in [0, 0.05) is 30.1 Å². The number of nitrogens with one attached hydrogen (secondary N) is 3. The van der Waals surface area contributed by atoms with E-state index in [0.717, 1.165) is 47.6 Å². The highest BCUT2D eigenvalue weighted by Gasteiger charge is 2.40. The Kier molecular flexibility index (Phi) is 6.13. The number of anilines is 4. The molecule has 2 unspecified atom stereocenters. The number of hydrogen-bond acceptors (Lipinski definition) is 8. The number of aromatic nitrogens is 3. The second kappa shape index (κ2) is 9.60. The van der Waals surface area contributed by atoms with Gasteiger partial charge in [0.05, 0.1) is 38.1 Å². The maximum absolute atomic E-state index is 12.9. The Morgan fingerprint density at radius 3 is 2.86 bits per heavy atom. The van der Waals surface area contributed by atoms with Crippen LogP contribution in [0, 0.1) is 12.3 Å². The first-order valence-electron chi connectivity index (χ1n) is 12.8. The average molecular weight is 502 g/mol. The minimum atomic E-state index is -0.322. The summed E-state index contributed by atoms with van der Waals surface area (Å²) in [4.78, 5) is 22.0. The van der Waals surface area contributed by atoms with Crippen LogP contribution in [0.15, 0.2) is 36.5 Å². The SMILES string of the molecule is Cc1cc(N2CC3CCC(O3)C2=O)ccc1-c1cc(N2CCOC[C@H]2C)nc(Nc2ccn[nH]2)c1C=N. The molecule has 2 bridgehead atoms. The summed E-state index contributed by atoms with van der Waals surface area (Å²) < 4.78 is 11.5. The van der Waals surface area contributed by atoms with E-state index >= 15 is 0 Å². The number of morpholine rings is 2. The lowest BCUT2D eigenvalue weighted by Gasteiger charge is -2.35. The number of aryl methyl sites for hydroxylation is 1. The van der Waals surface area contributed by atoms with Crippen LogP contribution in [0.2, 0.25) is 0 Å². The molecule has 3 saturated heterocycles. The molecule has 37 heavy (non-hydrogen) atoms. The predicted molar refractivity (Wildman–Crippen MR) is 142 cm³/mol. The fourth-order valence-electron chi connectivity index (χ4n) is 5.51. The van der Waals surface area contributed by atoms with Crippen molar-refractivity contribution < 1.29 is 14.3 Å². The van der Waals surface area contributed by atoms with Crippen molar-refractivity contribution in [1.29, 1.82) is 5.41 Å². The number of carbonyl (C=O) groups is 1. The number of aromatic amines is 1. The number of H-pyrrole nitrogens is 1. The molecule has 3 aromatic rings. The molecule has 10 heteroatoms. The molecule has 1 aromatic carbocycles. The molecule has 3 aliphatic heterocycles. The van der Waals surface area contributed by atoms with Crippen molar-refractivity contribution in [2.24, 2.45) is 0 Å². The zero-order valence-electron chi connectivity index (χ0n) is 21.0. The molecule has 0 saturated carbocycles. The smallest absolute Gasteiger partial charge is 0.256 e. The number of ether oxygens (including phenoxy) is 2. The van der Waals surface area contributed by atoms with Gasteiger partial charge in [0.2, 0.25) is 0 Å². The molecule has 2 aromatic heterocycles. The van der Waals surface area contributed by atoms with Crippen molar-refractivity contribution >= 4 is 35.3 Å². The van der Waals surface area contributed by atoms with Crippen molar-refractivity contribution in [3.63, 3.8) is 0 Å². The topological polar surface area (TPSA) is 119 Å². The maximum atomic E-state index is 12.9. The largest absolute Gasteiger partial charge is 0.377 e. The van der Waals surface area contributed by atoms with Gasteiger partial charge in [-0.3, -0.25) is 9.89 Å². The lowest BCUT2D eigenvalue weighted by Crippen LogP contribution is -2.47. The van der Waals surface area contributed by atoms with Crippen LogP contribution in [0.3, 0.4) is 0 Å². The summed E-state index contributed by atoms with van der Waals surface area (Å²) in [6.45, 7) is 6.77. The molecule has 6 rings (SSSR count). The highest BCUT2D eigenvalue weighted by atomic mass is 16.5. The van der Waals surface area contributed by atoms with Gasteiger partial charge in [0.15, 0.2) is 0 Å². The maximum Gasteiger partial charge on any atom is 0.256 e. The molecule has 0 radical (unpaired) electrons. The minimum absolute atomic E-state index is 0.0413. The van der Waals surface area contributed by atoms with E-state index in [0.29, 0.717) is 37.0 Å². The summed E-state index contributed by atoms with van der Waals surface area (Å²) in [5.41, 5.74) is 4.47. The Balaban J connectivity index is 1.42. The molecular formula is C27H31N7O3. The minimum Gasteiger partial charge on any atom is -0.377 e. The third-order valence-corrected chi connectivity index (χ3v) is 7.45. The molecule has 1 amide bonds. The van der Waals surface area contributed by atoms with Crippen LogP contribution in [0.25, 0.3) is 11.1 Å². The molecule has 3 aliphatic rings. The van der Waals surface area contributed by atoms with Gasteiger partial charge in [-0.1, -0.05) is 6.07 Å². The van der Waals surface area contributed by atoms with Crippen molar-refractivity contribution in [3.05, 3.63) is 47.7 Å². The number of hydrogen-bond donors (Lipinski definition) is 3. The Labute approximate surface area is 215 Å². The van der Waals surface area contributed by atoms with Crippen LogP contribution in [0.1, 0.15) is 30.9 Å². The summed E-state index contributed by atoms with van der Waals surface area (Å²) in [5, 5.41) is 18.5. The van der Waals surface area contributed by atoms with E-state index in [9.17, 15) is 4.79 Å². The Morgan fingerprint density at radius 2 is 2.11 bits per heavy atom. The molecular weight excluding hydrogens is 470 g/mol. The number of fused-ring (bicyclic) bond motifs is 2. The first-order chi connectivity index (χ1) is 18.0.